The molecule has 0 unspecified atom stereocenters. The molecule has 3 nitrogen and oxygen atoms in total. The zero-order valence-corrected chi connectivity index (χ0v) is 10.0. The first-order valence-electron chi connectivity index (χ1n) is 4.93. The van der Waals surface area contributed by atoms with E-state index in [1.165, 1.54) is 0 Å². The molecule has 0 bridgehead atoms. The summed E-state index contributed by atoms with van der Waals surface area (Å²) in [4.78, 5) is 4.36. The van der Waals surface area contributed by atoms with Gasteiger partial charge in [0.05, 0.1) is 5.69 Å². The molecule has 80 valence electrons. The largest absolute Gasteiger partial charge is 0.333 e. The van der Waals surface area contributed by atoms with Crippen molar-refractivity contribution in [3.63, 3.8) is 0 Å². The first-order valence-corrected chi connectivity index (χ1v) is 5.31. The Kier molecular flexibility index (Phi) is 3.96. The lowest BCUT2D eigenvalue weighted by atomic mass is 10.1. The molecule has 1 aromatic rings. The molecule has 1 N–H and O–H groups in total. The number of hydrogen-bond acceptors (Lipinski definition) is 2. The minimum Gasteiger partial charge on any atom is -0.333 e. The minimum atomic E-state index is 0.420. The van der Waals surface area contributed by atoms with E-state index in [-0.39, 0.29) is 0 Å². The van der Waals surface area contributed by atoms with Crippen LogP contribution in [0.25, 0.3) is 0 Å². The Hall–Kier alpha value is -0.540. The number of nitrogens with one attached hydrogen (secondary N) is 1. The van der Waals surface area contributed by atoms with Crippen molar-refractivity contribution in [2.24, 2.45) is 7.05 Å². The topological polar surface area (TPSA) is 29.9 Å². The summed E-state index contributed by atoms with van der Waals surface area (Å²) in [6.45, 7) is 5.19. The van der Waals surface area contributed by atoms with Gasteiger partial charge in [0.15, 0.2) is 5.15 Å². The first-order chi connectivity index (χ1) is 6.57. The Labute approximate surface area is 90.5 Å². The Morgan fingerprint density at radius 1 is 1.50 bits per heavy atom. The lowest BCUT2D eigenvalue weighted by Crippen LogP contribution is -2.13. The van der Waals surface area contributed by atoms with E-state index in [1.807, 2.05) is 14.1 Å². The third kappa shape index (κ3) is 2.28. The molecular weight excluding hydrogens is 198 g/mol. The van der Waals surface area contributed by atoms with Crippen molar-refractivity contribution < 1.29 is 0 Å². The van der Waals surface area contributed by atoms with E-state index in [4.69, 9.17) is 11.6 Å². The van der Waals surface area contributed by atoms with E-state index >= 15 is 0 Å². The fraction of sp³-hybridized carbons (Fsp3) is 0.700. The molecule has 0 saturated carbocycles. The number of aromatic nitrogens is 2. The molecule has 14 heavy (non-hydrogen) atoms. The van der Waals surface area contributed by atoms with Gasteiger partial charge in [0.2, 0.25) is 0 Å². The van der Waals surface area contributed by atoms with Crippen LogP contribution in [0.2, 0.25) is 5.15 Å². The molecule has 1 rings (SSSR count). The molecule has 0 aliphatic heterocycles. The van der Waals surface area contributed by atoms with Crippen LogP contribution < -0.4 is 5.32 Å². The second kappa shape index (κ2) is 4.80. The van der Waals surface area contributed by atoms with Crippen LogP contribution in [0.3, 0.4) is 0 Å². The Morgan fingerprint density at radius 3 is 2.57 bits per heavy atom. The van der Waals surface area contributed by atoms with E-state index in [0.717, 1.165) is 24.5 Å². The third-order valence-corrected chi connectivity index (χ3v) is 2.61. The second-order valence-corrected chi connectivity index (χ2v) is 4.13. The van der Waals surface area contributed by atoms with Gasteiger partial charge in [0.25, 0.3) is 0 Å². The van der Waals surface area contributed by atoms with Crippen molar-refractivity contribution in [2.75, 3.05) is 13.6 Å². The van der Waals surface area contributed by atoms with Crippen molar-refractivity contribution >= 4 is 11.6 Å². The van der Waals surface area contributed by atoms with E-state index in [2.05, 4.69) is 28.7 Å². The number of halogens is 1. The zero-order valence-electron chi connectivity index (χ0n) is 9.26. The van der Waals surface area contributed by atoms with Crippen LogP contribution in [0.4, 0.5) is 0 Å². The predicted octanol–water partition coefficient (Wildman–Crippen LogP) is 1.96. The van der Waals surface area contributed by atoms with Gasteiger partial charge in [-0.25, -0.2) is 4.98 Å². The Morgan fingerprint density at radius 2 is 2.14 bits per heavy atom. The van der Waals surface area contributed by atoms with Crippen LogP contribution in [-0.4, -0.2) is 23.1 Å². The number of hydrogen-bond donors (Lipinski definition) is 1. The second-order valence-electron chi connectivity index (χ2n) is 3.77. The number of likely N-dealkylation sites (N-methyl/N-ethyl adjacent to an activating group) is 1. The summed E-state index contributed by atoms with van der Waals surface area (Å²) in [6, 6.07) is 0. The molecule has 0 aromatic carbocycles. The maximum absolute atomic E-state index is 6.07. The third-order valence-electron chi connectivity index (χ3n) is 2.33. The van der Waals surface area contributed by atoms with Crippen molar-refractivity contribution in [1.82, 2.24) is 14.9 Å². The fourth-order valence-electron chi connectivity index (χ4n) is 1.61. The number of rotatable bonds is 4. The lowest BCUT2D eigenvalue weighted by Gasteiger charge is -2.08. The highest BCUT2D eigenvalue weighted by molar-refractivity contribution is 6.30. The summed E-state index contributed by atoms with van der Waals surface area (Å²) < 4.78 is 2.10. The van der Waals surface area contributed by atoms with Crippen molar-refractivity contribution in [3.05, 3.63) is 16.7 Å². The first kappa shape index (κ1) is 11.5. The fourth-order valence-corrected chi connectivity index (χ4v) is 2.05. The van der Waals surface area contributed by atoms with Crippen molar-refractivity contribution in [2.45, 2.75) is 26.2 Å². The van der Waals surface area contributed by atoms with Gasteiger partial charge in [0.1, 0.15) is 5.82 Å². The van der Waals surface area contributed by atoms with Gasteiger partial charge < -0.3 is 9.88 Å². The van der Waals surface area contributed by atoms with Gasteiger partial charge in [-0.3, -0.25) is 0 Å². The summed E-state index contributed by atoms with van der Waals surface area (Å²) in [5.74, 6) is 1.47. The summed E-state index contributed by atoms with van der Waals surface area (Å²) in [5.41, 5.74) is 1.12. The van der Waals surface area contributed by atoms with Crippen LogP contribution in [0.15, 0.2) is 0 Å². The lowest BCUT2D eigenvalue weighted by molar-refractivity contribution is 0.677. The molecule has 4 heteroatoms. The highest BCUT2D eigenvalue weighted by Gasteiger charge is 2.14. The van der Waals surface area contributed by atoms with E-state index in [1.54, 1.807) is 0 Å². The van der Waals surface area contributed by atoms with Crippen LogP contribution in [-0.2, 0) is 13.5 Å². The maximum Gasteiger partial charge on any atom is 0.150 e. The maximum atomic E-state index is 6.07. The molecule has 0 saturated heterocycles. The number of nitrogens with zero attached hydrogens (tertiary/aromatic N) is 2. The Balaban J connectivity index is 2.92. The normalized spacial score (nSPS) is 11.3. The van der Waals surface area contributed by atoms with Gasteiger partial charge in [-0.15, -0.1) is 0 Å². The van der Waals surface area contributed by atoms with Gasteiger partial charge in [-0.1, -0.05) is 25.4 Å². The van der Waals surface area contributed by atoms with E-state index in [0.29, 0.717) is 11.1 Å². The average Bonchev–Trinajstić information content (AvgIpc) is 2.38. The number of imidazole rings is 1. The van der Waals surface area contributed by atoms with Crippen LogP contribution in [0.1, 0.15) is 31.3 Å². The van der Waals surface area contributed by atoms with Gasteiger partial charge >= 0.3 is 0 Å². The van der Waals surface area contributed by atoms with Crippen molar-refractivity contribution in [1.29, 1.82) is 0 Å². The quantitative estimate of drug-likeness (QED) is 0.832. The van der Waals surface area contributed by atoms with Crippen molar-refractivity contribution in [3.8, 4) is 0 Å². The SMILES string of the molecule is CNCCc1nc(Cl)c(C(C)C)n1C. The summed E-state index contributed by atoms with van der Waals surface area (Å²) in [7, 11) is 3.97. The Bertz CT molecular complexity index is 305. The standard InChI is InChI=1S/C10H18ClN3/c1-7(2)9-10(11)13-8(14(9)4)5-6-12-3/h7,12H,5-6H2,1-4H3. The molecule has 0 radical (unpaired) electrons. The molecule has 0 aliphatic carbocycles. The molecule has 0 atom stereocenters. The molecular formula is C10H18ClN3. The molecule has 1 aromatic heterocycles. The average molecular weight is 216 g/mol. The van der Waals surface area contributed by atoms with Crippen LogP contribution >= 0.6 is 11.6 Å². The molecule has 0 amide bonds. The zero-order chi connectivity index (χ0) is 10.7. The highest BCUT2D eigenvalue weighted by Crippen LogP contribution is 2.24. The summed E-state index contributed by atoms with van der Waals surface area (Å²) >= 11 is 6.07. The monoisotopic (exact) mass is 215 g/mol. The summed E-state index contributed by atoms with van der Waals surface area (Å²) in [6.07, 6.45) is 0.916. The van der Waals surface area contributed by atoms with Gasteiger partial charge in [-0.05, 0) is 13.0 Å². The minimum absolute atomic E-state index is 0.420. The predicted molar refractivity (Wildman–Crippen MR) is 59.9 cm³/mol. The molecule has 0 aliphatic rings. The summed E-state index contributed by atoms with van der Waals surface area (Å²) in [5, 5.41) is 3.75. The van der Waals surface area contributed by atoms with Crippen LogP contribution in [0.5, 0.6) is 0 Å². The molecule has 0 fully saturated rings. The smallest absolute Gasteiger partial charge is 0.150 e. The molecule has 0 spiro atoms. The highest BCUT2D eigenvalue weighted by atomic mass is 35.5. The van der Waals surface area contributed by atoms with Gasteiger partial charge in [-0.2, -0.15) is 0 Å². The van der Waals surface area contributed by atoms with E-state index in [9.17, 15) is 0 Å². The van der Waals surface area contributed by atoms with Gasteiger partial charge in [0, 0.05) is 20.0 Å². The molecule has 1 heterocycles. The van der Waals surface area contributed by atoms with E-state index < -0.39 is 0 Å². The van der Waals surface area contributed by atoms with Crippen LogP contribution in [0, 0.1) is 0 Å².